The normalized spacial score (nSPS) is 12.8. The van der Waals surface area contributed by atoms with Gasteiger partial charge in [-0.15, -0.1) is 0 Å². The molecule has 1 atom stereocenters. The van der Waals surface area contributed by atoms with Crippen molar-refractivity contribution in [1.29, 1.82) is 0 Å². The first kappa shape index (κ1) is 12.9. The summed E-state index contributed by atoms with van der Waals surface area (Å²) in [5, 5.41) is 10.2. The Morgan fingerprint density at radius 3 is 2.61 bits per heavy atom. The average Bonchev–Trinajstić information content (AvgIpc) is 2.91. The van der Waals surface area contributed by atoms with Crippen LogP contribution < -0.4 is 0 Å². The molecule has 0 radical (unpaired) electrons. The van der Waals surface area contributed by atoms with Gasteiger partial charge in [0.15, 0.2) is 0 Å². The van der Waals surface area contributed by atoms with Gasteiger partial charge in [-0.25, -0.2) is 0 Å². The molecule has 2 rings (SSSR count). The third-order valence-electron chi connectivity index (χ3n) is 3.05. The second-order valence-electron chi connectivity index (χ2n) is 4.39. The van der Waals surface area contributed by atoms with Crippen molar-refractivity contribution in [3.8, 4) is 0 Å². The summed E-state index contributed by atoms with van der Waals surface area (Å²) < 4.78 is 5.06. The molecule has 18 heavy (non-hydrogen) atoms. The van der Waals surface area contributed by atoms with Crippen LogP contribution in [0.25, 0.3) is 0 Å². The second kappa shape index (κ2) is 6.38. The molecule has 96 valence electrons. The fourth-order valence-electron chi connectivity index (χ4n) is 1.97. The summed E-state index contributed by atoms with van der Waals surface area (Å²) in [6, 6.07) is 11.7. The van der Waals surface area contributed by atoms with Crippen LogP contribution in [0.1, 0.15) is 24.2 Å². The van der Waals surface area contributed by atoms with Crippen molar-refractivity contribution in [3.63, 3.8) is 0 Å². The zero-order valence-corrected chi connectivity index (χ0v) is 10.6. The summed E-state index contributed by atoms with van der Waals surface area (Å²) in [5.41, 5.74) is 2.10. The first-order chi connectivity index (χ1) is 8.79. The summed E-state index contributed by atoms with van der Waals surface area (Å²) in [6.45, 7) is 4.43. The number of rotatable bonds is 6. The van der Waals surface area contributed by atoms with Crippen molar-refractivity contribution in [2.24, 2.45) is 0 Å². The van der Waals surface area contributed by atoms with Gasteiger partial charge in [-0.05, 0) is 18.2 Å². The van der Waals surface area contributed by atoms with E-state index < -0.39 is 6.10 Å². The molecule has 0 amide bonds. The van der Waals surface area contributed by atoms with Crippen LogP contribution in [0, 0.1) is 0 Å². The smallest absolute Gasteiger partial charge is 0.0947 e. The third-order valence-corrected chi connectivity index (χ3v) is 3.05. The average molecular weight is 245 g/mol. The van der Waals surface area contributed by atoms with Crippen molar-refractivity contribution in [2.75, 3.05) is 13.1 Å². The maximum absolute atomic E-state index is 10.2. The molecular weight excluding hydrogens is 226 g/mol. The highest BCUT2D eigenvalue weighted by Gasteiger charge is 2.12. The molecule has 0 spiro atoms. The van der Waals surface area contributed by atoms with Gasteiger partial charge in [0.1, 0.15) is 0 Å². The van der Waals surface area contributed by atoms with Crippen molar-refractivity contribution in [1.82, 2.24) is 4.90 Å². The Kier molecular flexibility index (Phi) is 4.56. The minimum atomic E-state index is -0.446. The predicted octanol–water partition coefficient (Wildman–Crippen LogP) is 2.84. The van der Waals surface area contributed by atoms with Crippen LogP contribution in [-0.4, -0.2) is 23.1 Å². The fourth-order valence-corrected chi connectivity index (χ4v) is 1.97. The molecule has 0 aliphatic rings. The molecule has 2 aromatic rings. The van der Waals surface area contributed by atoms with Gasteiger partial charge in [0, 0.05) is 18.7 Å². The van der Waals surface area contributed by atoms with E-state index in [-0.39, 0.29) is 0 Å². The van der Waals surface area contributed by atoms with E-state index in [4.69, 9.17) is 4.42 Å². The van der Waals surface area contributed by atoms with Crippen molar-refractivity contribution >= 4 is 0 Å². The second-order valence-corrected chi connectivity index (χ2v) is 4.39. The number of hydrogen-bond donors (Lipinski definition) is 1. The van der Waals surface area contributed by atoms with Gasteiger partial charge in [-0.2, -0.15) is 0 Å². The molecule has 3 heteroatoms. The lowest BCUT2D eigenvalue weighted by molar-refractivity contribution is 0.112. The zero-order valence-electron chi connectivity index (χ0n) is 10.6. The van der Waals surface area contributed by atoms with E-state index in [2.05, 4.69) is 11.8 Å². The van der Waals surface area contributed by atoms with E-state index in [1.54, 1.807) is 12.5 Å². The zero-order chi connectivity index (χ0) is 12.8. The lowest BCUT2D eigenvalue weighted by atomic mass is 10.1. The molecule has 3 nitrogen and oxygen atoms in total. The van der Waals surface area contributed by atoms with Crippen LogP contribution in [0.3, 0.4) is 0 Å². The Morgan fingerprint density at radius 2 is 2.00 bits per heavy atom. The molecule has 0 aliphatic heterocycles. The summed E-state index contributed by atoms with van der Waals surface area (Å²) >= 11 is 0. The van der Waals surface area contributed by atoms with Gasteiger partial charge in [-0.3, -0.25) is 4.90 Å². The highest BCUT2D eigenvalue weighted by Crippen LogP contribution is 2.15. The van der Waals surface area contributed by atoms with Crippen molar-refractivity contribution < 1.29 is 9.52 Å². The largest absolute Gasteiger partial charge is 0.472 e. The lowest BCUT2D eigenvalue weighted by Crippen LogP contribution is -2.28. The molecule has 1 aromatic carbocycles. The maximum atomic E-state index is 10.2. The van der Waals surface area contributed by atoms with Crippen molar-refractivity contribution in [3.05, 3.63) is 60.1 Å². The Hall–Kier alpha value is -1.58. The van der Waals surface area contributed by atoms with Crippen LogP contribution in [-0.2, 0) is 6.54 Å². The van der Waals surface area contributed by atoms with Gasteiger partial charge in [-0.1, -0.05) is 37.3 Å². The third kappa shape index (κ3) is 3.45. The number of hydrogen-bond acceptors (Lipinski definition) is 3. The van der Waals surface area contributed by atoms with Crippen LogP contribution in [0.2, 0.25) is 0 Å². The molecular formula is C15H19NO2. The number of aliphatic hydroxyl groups is 1. The van der Waals surface area contributed by atoms with Gasteiger partial charge in [0.2, 0.25) is 0 Å². The summed E-state index contributed by atoms with van der Waals surface area (Å²) in [6.07, 6.45) is 2.98. The van der Waals surface area contributed by atoms with Gasteiger partial charge < -0.3 is 9.52 Å². The summed E-state index contributed by atoms with van der Waals surface area (Å²) in [4.78, 5) is 2.20. The predicted molar refractivity (Wildman–Crippen MR) is 71.1 cm³/mol. The molecule has 0 saturated heterocycles. The summed E-state index contributed by atoms with van der Waals surface area (Å²) in [5.74, 6) is 0. The maximum Gasteiger partial charge on any atom is 0.0947 e. The first-order valence-corrected chi connectivity index (χ1v) is 6.26. The molecule has 0 fully saturated rings. The minimum absolute atomic E-state index is 0.446. The Balaban J connectivity index is 1.94. The molecule has 1 unspecified atom stereocenters. The van der Waals surface area contributed by atoms with Crippen LogP contribution in [0.15, 0.2) is 53.3 Å². The highest BCUT2D eigenvalue weighted by atomic mass is 16.3. The van der Waals surface area contributed by atoms with Crippen LogP contribution in [0.4, 0.5) is 0 Å². The topological polar surface area (TPSA) is 36.6 Å². The van der Waals surface area contributed by atoms with Crippen molar-refractivity contribution in [2.45, 2.75) is 19.6 Å². The molecule has 1 heterocycles. The van der Waals surface area contributed by atoms with Crippen LogP contribution >= 0.6 is 0 Å². The van der Waals surface area contributed by atoms with E-state index in [1.165, 1.54) is 0 Å². The summed E-state index contributed by atoms with van der Waals surface area (Å²) in [7, 11) is 0. The van der Waals surface area contributed by atoms with E-state index in [0.717, 1.165) is 24.2 Å². The molecule has 0 saturated carbocycles. The van der Waals surface area contributed by atoms with E-state index in [0.29, 0.717) is 6.54 Å². The van der Waals surface area contributed by atoms with Gasteiger partial charge in [0.25, 0.3) is 0 Å². The SMILES string of the molecule is CCN(Cc1ccoc1)CC(O)c1ccccc1. The van der Waals surface area contributed by atoms with Gasteiger partial charge in [0.05, 0.1) is 18.6 Å². The number of aliphatic hydroxyl groups excluding tert-OH is 1. The Labute approximate surface area is 108 Å². The van der Waals surface area contributed by atoms with E-state index in [1.807, 2.05) is 36.4 Å². The Morgan fingerprint density at radius 1 is 1.22 bits per heavy atom. The molecule has 0 bridgehead atoms. The number of likely N-dealkylation sites (N-methyl/N-ethyl adjacent to an activating group) is 1. The number of furan rings is 1. The number of nitrogens with zero attached hydrogens (tertiary/aromatic N) is 1. The number of benzene rings is 1. The fraction of sp³-hybridized carbons (Fsp3) is 0.333. The minimum Gasteiger partial charge on any atom is -0.472 e. The highest BCUT2D eigenvalue weighted by molar-refractivity contribution is 5.17. The molecule has 1 aromatic heterocycles. The standard InChI is InChI=1S/C15H19NO2/c1-2-16(10-13-8-9-18-12-13)11-15(17)14-6-4-3-5-7-14/h3-9,12,15,17H,2,10-11H2,1H3. The van der Waals surface area contributed by atoms with Crippen LogP contribution in [0.5, 0.6) is 0 Å². The van der Waals surface area contributed by atoms with Gasteiger partial charge >= 0.3 is 0 Å². The van der Waals surface area contributed by atoms with E-state index >= 15 is 0 Å². The molecule has 0 aliphatic carbocycles. The lowest BCUT2D eigenvalue weighted by Gasteiger charge is -2.23. The van der Waals surface area contributed by atoms with E-state index in [9.17, 15) is 5.11 Å². The molecule has 1 N–H and O–H groups in total. The monoisotopic (exact) mass is 245 g/mol. The Bertz CT molecular complexity index is 439. The quantitative estimate of drug-likeness (QED) is 0.850. The first-order valence-electron chi connectivity index (χ1n) is 6.26.